The summed E-state index contributed by atoms with van der Waals surface area (Å²) in [5, 5.41) is 14.8. The summed E-state index contributed by atoms with van der Waals surface area (Å²) < 4.78 is 12.9. The average molecular weight is 256 g/mol. The van der Waals surface area contributed by atoms with Crippen LogP contribution in [-0.2, 0) is 20.1 Å². The SMILES string of the molecule is Cn1nnc(CNCc2ccc(F)c(Cl)c2)n1. The van der Waals surface area contributed by atoms with Crippen LogP contribution >= 0.6 is 11.6 Å². The van der Waals surface area contributed by atoms with Gasteiger partial charge in [0.25, 0.3) is 0 Å². The molecule has 17 heavy (non-hydrogen) atoms. The number of aryl methyl sites for hydroxylation is 1. The number of benzene rings is 1. The summed E-state index contributed by atoms with van der Waals surface area (Å²) in [4.78, 5) is 1.39. The van der Waals surface area contributed by atoms with E-state index in [-0.39, 0.29) is 5.02 Å². The minimum Gasteiger partial charge on any atom is -0.306 e. The summed E-state index contributed by atoms with van der Waals surface area (Å²) >= 11 is 5.67. The molecule has 1 heterocycles. The van der Waals surface area contributed by atoms with Crippen molar-refractivity contribution in [1.29, 1.82) is 0 Å². The molecule has 1 N–H and O–H groups in total. The zero-order chi connectivity index (χ0) is 12.3. The van der Waals surface area contributed by atoms with E-state index in [0.717, 1.165) is 5.56 Å². The Morgan fingerprint density at radius 1 is 1.41 bits per heavy atom. The standard InChI is InChI=1S/C10H11ClFN5/c1-17-15-10(14-16-17)6-13-5-7-2-3-9(12)8(11)4-7/h2-4,13H,5-6H2,1H3. The lowest BCUT2D eigenvalue weighted by Gasteiger charge is -2.03. The Kier molecular flexibility index (Phi) is 3.65. The van der Waals surface area contributed by atoms with Crippen molar-refractivity contribution in [1.82, 2.24) is 25.5 Å². The van der Waals surface area contributed by atoms with E-state index in [9.17, 15) is 4.39 Å². The summed E-state index contributed by atoms with van der Waals surface area (Å²) in [7, 11) is 1.70. The smallest absolute Gasteiger partial charge is 0.188 e. The van der Waals surface area contributed by atoms with Gasteiger partial charge < -0.3 is 5.32 Å². The fourth-order valence-electron chi connectivity index (χ4n) is 1.36. The molecule has 0 aliphatic heterocycles. The monoisotopic (exact) mass is 255 g/mol. The molecular formula is C10H11ClFN5. The lowest BCUT2D eigenvalue weighted by atomic mass is 10.2. The van der Waals surface area contributed by atoms with Gasteiger partial charge in [0.05, 0.1) is 18.6 Å². The van der Waals surface area contributed by atoms with Gasteiger partial charge in [-0.25, -0.2) is 4.39 Å². The molecule has 0 bridgehead atoms. The van der Waals surface area contributed by atoms with E-state index in [1.165, 1.54) is 10.9 Å². The molecule has 0 amide bonds. The van der Waals surface area contributed by atoms with Gasteiger partial charge in [-0.1, -0.05) is 17.7 Å². The molecule has 0 aliphatic carbocycles. The second-order valence-electron chi connectivity index (χ2n) is 3.55. The summed E-state index contributed by atoms with van der Waals surface area (Å²) in [5.41, 5.74) is 0.903. The Balaban J connectivity index is 1.87. The number of hydrogen-bond acceptors (Lipinski definition) is 4. The van der Waals surface area contributed by atoms with Crippen molar-refractivity contribution in [2.75, 3.05) is 0 Å². The Morgan fingerprint density at radius 2 is 2.24 bits per heavy atom. The fraction of sp³-hybridized carbons (Fsp3) is 0.300. The Labute approximate surface area is 103 Å². The predicted molar refractivity (Wildman–Crippen MR) is 60.8 cm³/mol. The molecule has 1 aromatic carbocycles. The largest absolute Gasteiger partial charge is 0.306 e. The Morgan fingerprint density at radius 3 is 2.88 bits per heavy atom. The number of tetrazole rings is 1. The number of hydrogen-bond donors (Lipinski definition) is 1. The number of halogens is 2. The van der Waals surface area contributed by atoms with Gasteiger partial charge in [0.15, 0.2) is 5.82 Å². The maximum Gasteiger partial charge on any atom is 0.188 e. The van der Waals surface area contributed by atoms with Crippen molar-refractivity contribution in [3.63, 3.8) is 0 Å². The fourth-order valence-corrected chi connectivity index (χ4v) is 1.57. The first-order chi connectivity index (χ1) is 8.15. The van der Waals surface area contributed by atoms with Crippen LogP contribution < -0.4 is 5.32 Å². The summed E-state index contributed by atoms with van der Waals surface area (Å²) in [5.74, 6) is 0.201. The quantitative estimate of drug-likeness (QED) is 0.895. The van der Waals surface area contributed by atoms with Gasteiger partial charge in [-0.2, -0.15) is 4.80 Å². The summed E-state index contributed by atoms with van der Waals surface area (Å²) in [6, 6.07) is 4.62. The molecule has 0 spiro atoms. The number of rotatable bonds is 4. The number of aromatic nitrogens is 4. The molecule has 0 radical (unpaired) electrons. The highest BCUT2D eigenvalue weighted by Crippen LogP contribution is 2.15. The summed E-state index contributed by atoms with van der Waals surface area (Å²) in [6.07, 6.45) is 0. The summed E-state index contributed by atoms with van der Waals surface area (Å²) in [6.45, 7) is 1.07. The normalized spacial score (nSPS) is 10.8. The highest BCUT2D eigenvalue weighted by atomic mass is 35.5. The first-order valence-electron chi connectivity index (χ1n) is 5.02. The van der Waals surface area contributed by atoms with E-state index >= 15 is 0 Å². The van der Waals surface area contributed by atoms with Crippen molar-refractivity contribution in [3.8, 4) is 0 Å². The van der Waals surface area contributed by atoms with Gasteiger partial charge in [0, 0.05) is 6.54 Å². The lowest BCUT2D eigenvalue weighted by molar-refractivity contribution is 0.616. The topological polar surface area (TPSA) is 55.6 Å². The van der Waals surface area contributed by atoms with Crippen LogP contribution in [0, 0.1) is 5.82 Å². The third kappa shape index (κ3) is 3.21. The van der Waals surface area contributed by atoms with Crippen molar-refractivity contribution < 1.29 is 4.39 Å². The Hall–Kier alpha value is -1.53. The van der Waals surface area contributed by atoms with E-state index in [0.29, 0.717) is 18.9 Å². The molecule has 90 valence electrons. The zero-order valence-electron chi connectivity index (χ0n) is 9.19. The first-order valence-corrected chi connectivity index (χ1v) is 5.40. The molecule has 1 aromatic heterocycles. The highest BCUT2D eigenvalue weighted by Gasteiger charge is 2.02. The third-order valence-electron chi connectivity index (χ3n) is 2.15. The molecule has 0 aliphatic rings. The third-order valence-corrected chi connectivity index (χ3v) is 2.44. The maximum atomic E-state index is 12.9. The van der Waals surface area contributed by atoms with Gasteiger partial charge >= 0.3 is 0 Å². The van der Waals surface area contributed by atoms with E-state index in [1.807, 2.05) is 0 Å². The van der Waals surface area contributed by atoms with Crippen molar-refractivity contribution in [3.05, 3.63) is 40.4 Å². The molecular weight excluding hydrogens is 245 g/mol. The van der Waals surface area contributed by atoms with Crippen molar-refractivity contribution >= 4 is 11.6 Å². The van der Waals surface area contributed by atoms with E-state index in [1.54, 1.807) is 19.2 Å². The first kappa shape index (κ1) is 11.9. The van der Waals surface area contributed by atoms with Gasteiger partial charge in [-0.05, 0) is 22.9 Å². The van der Waals surface area contributed by atoms with Crippen LogP contribution in [-0.4, -0.2) is 20.2 Å². The number of nitrogens with one attached hydrogen (secondary N) is 1. The van der Waals surface area contributed by atoms with Crippen LogP contribution in [0.4, 0.5) is 4.39 Å². The molecule has 0 saturated carbocycles. The van der Waals surface area contributed by atoms with Crippen LogP contribution in [0.2, 0.25) is 5.02 Å². The van der Waals surface area contributed by atoms with Crippen molar-refractivity contribution in [2.45, 2.75) is 13.1 Å². The average Bonchev–Trinajstić information content (AvgIpc) is 2.70. The van der Waals surface area contributed by atoms with Gasteiger partial charge in [0.2, 0.25) is 0 Å². The van der Waals surface area contributed by atoms with E-state index in [4.69, 9.17) is 11.6 Å². The molecule has 5 nitrogen and oxygen atoms in total. The number of nitrogens with zero attached hydrogens (tertiary/aromatic N) is 4. The van der Waals surface area contributed by atoms with Crippen LogP contribution in [0.3, 0.4) is 0 Å². The van der Waals surface area contributed by atoms with Crippen LogP contribution in [0.1, 0.15) is 11.4 Å². The minimum atomic E-state index is -0.411. The predicted octanol–water partition coefficient (Wildman–Crippen LogP) is 1.29. The van der Waals surface area contributed by atoms with E-state index < -0.39 is 5.82 Å². The van der Waals surface area contributed by atoms with Gasteiger partial charge in [-0.3, -0.25) is 0 Å². The minimum absolute atomic E-state index is 0.127. The molecule has 0 atom stereocenters. The molecule has 0 unspecified atom stereocenters. The van der Waals surface area contributed by atoms with Gasteiger partial charge in [0.1, 0.15) is 5.82 Å². The van der Waals surface area contributed by atoms with Crippen LogP contribution in [0.5, 0.6) is 0 Å². The Bertz CT molecular complexity index is 513. The lowest BCUT2D eigenvalue weighted by Crippen LogP contribution is -2.14. The molecule has 0 fully saturated rings. The second-order valence-corrected chi connectivity index (χ2v) is 3.95. The second kappa shape index (κ2) is 5.20. The van der Waals surface area contributed by atoms with E-state index in [2.05, 4.69) is 20.7 Å². The molecule has 0 saturated heterocycles. The van der Waals surface area contributed by atoms with Crippen LogP contribution in [0.15, 0.2) is 18.2 Å². The maximum absolute atomic E-state index is 12.9. The zero-order valence-corrected chi connectivity index (χ0v) is 9.95. The van der Waals surface area contributed by atoms with Gasteiger partial charge in [-0.15, -0.1) is 10.2 Å². The van der Waals surface area contributed by atoms with Crippen molar-refractivity contribution in [2.24, 2.45) is 7.05 Å². The van der Waals surface area contributed by atoms with Crippen LogP contribution in [0.25, 0.3) is 0 Å². The molecule has 7 heteroatoms. The highest BCUT2D eigenvalue weighted by molar-refractivity contribution is 6.30. The molecule has 2 rings (SSSR count). The molecule has 2 aromatic rings.